The third kappa shape index (κ3) is 2.80. The molecule has 5 nitrogen and oxygen atoms in total. The Morgan fingerprint density at radius 1 is 1.37 bits per heavy atom. The van der Waals surface area contributed by atoms with Crippen LogP contribution in [0.4, 0.5) is 0 Å². The van der Waals surface area contributed by atoms with E-state index >= 15 is 0 Å². The van der Waals surface area contributed by atoms with Gasteiger partial charge in [0, 0.05) is 11.5 Å². The van der Waals surface area contributed by atoms with Crippen LogP contribution in [0.1, 0.15) is 50.4 Å². The SMILES string of the molecule is CC1CCC(N)(c2nc(C3CSCCO3)no2)CC1. The molecule has 1 aliphatic heterocycles. The molecule has 1 aromatic rings. The minimum atomic E-state index is -0.431. The summed E-state index contributed by atoms with van der Waals surface area (Å²) in [4.78, 5) is 4.51. The topological polar surface area (TPSA) is 74.2 Å². The quantitative estimate of drug-likeness (QED) is 0.897. The van der Waals surface area contributed by atoms with Crippen molar-refractivity contribution in [3.05, 3.63) is 11.7 Å². The maximum absolute atomic E-state index is 6.44. The highest BCUT2D eigenvalue weighted by Crippen LogP contribution is 2.37. The van der Waals surface area contributed by atoms with Gasteiger partial charge in [0.1, 0.15) is 6.10 Å². The zero-order chi connectivity index (χ0) is 13.3. The Morgan fingerprint density at radius 3 is 2.84 bits per heavy atom. The summed E-state index contributed by atoms with van der Waals surface area (Å²) < 4.78 is 11.1. The molecule has 3 rings (SSSR count). The van der Waals surface area contributed by atoms with Crippen LogP contribution in [0, 0.1) is 5.92 Å². The summed E-state index contributed by atoms with van der Waals surface area (Å²) >= 11 is 1.86. The molecule has 1 unspecified atom stereocenters. The maximum Gasteiger partial charge on any atom is 0.246 e. The van der Waals surface area contributed by atoms with E-state index in [2.05, 4.69) is 17.1 Å². The van der Waals surface area contributed by atoms with Gasteiger partial charge in [0.2, 0.25) is 11.7 Å². The monoisotopic (exact) mass is 283 g/mol. The van der Waals surface area contributed by atoms with Crippen LogP contribution in [0.2, 0.25) is 0 Å². The molecule has 0 radical (unpaired) electrons. The van der Waals surface area contributed by atoms with Gasteiger partial charge in [-0.3, -0.25) is 0 Å². The van der Waals surface area contributed by atoms with Crippen LogP contribution in [0.3, 0.4) is 0 Å². The van der Waals surface area contributed by atoms with E-state index in [9.17, 15) is 0 Å². The number of ether oxygens (including phenoxy) is 1. The average molecular weight is 283 g/mol. The molecule has 2 fully saturated rings. The molecule has 19 heavy (non-hydrogen) atoms. The Kier molecular flexibility index (Phi) is 3.82. The van der Waals surface area contributed by atoms with Crippen LogP contribution in [-0.4, -0.2) is 28.3 Å². The standard InChI is InChI=1S/C13H21N3O2S/c1-9-2-4-13(14,5-3-9)12-15-11(16-18-12)10-8-19-7-6-17-10/h9-10H,2-8,14H2,1H3. The van der Waals surface area contributed by atoms with Crippen LogP contribution in [0.25, 0.3) is 0 Å². The first-order chi connectivity index (χ1) is 9.17. The van der Waals surface area contributed by atoms with Crippen LogP contribution in [0.15, 0.2) is 4.52 Å². The van der Waals surface area contributed by atoms with Gasteiger partial charge in [-0.1, -0.05) is 12.1 Å². The zero-order valence-electron chi connectivity index (χ0n) is 11.3. The van der Waals surface area contributed by atoms with E-state index in [0.29, 0.717) is 11.7 Å². The van der Waals surface area contributed by atoms with Gasteiger partial charge in [-0.2, -0.15) is 16.7 Å². The second-order valence-electron chi connectivity index (χ2n) is 5.73. The van der Waals surface area contributed by atoms with Crippen molar-refractivity contribution in [2.24, 2.45) is 11.7 Å². The number of nitrogens with two attached hydrogens (primary N) is 1. The maximum atomic E-state index is 6.44. The minimum Gasteiger partial charge on any atom is -0.368 e. The van der Waals surface area contributed by atoms with Crippen molar-refractivity contribution in [1.29, 1.82) is 0 Å². The first-order valence-electron chi connectivity index (χ1n) is 7.00. The fraction of sp³-hybridized carbons (Fsp3) is 0.846. The van der Waals surface area contributed by atoms with Crippen molar-refractivity contribution in [1.82, 2.24) is 10.1 Å². The number of thioether (sulfide) groups is 1. The lowest BCUT2D eigenvalue weighted by atomic mass is 9.78. The molecule has 0 bridgehead atoms. The lowest BCUT2D eigenvalue weighted by Gasteiger charge is -2.32. The second-order valence-corrected chi connectivity index (χ2v) is 6.88. The molecular formula is C13H21N3O2S. The first kappa shape index (κ1) is 13.4. The van der Waals surface area contributed by atoms with Gasteiger partial charge in [0.25, 0.3) is 0 Å². The highest BCUT2D eigenvalue weighted by Gasteiger charge is 2.37. The molecule has 1 aromatic heterocycles. The van der Waals surface area contributed by atoms with Gasteiger partial charge in [-0.25, -0.2) is 0 Å². The van der Waals surface area contributed by atoms with Gasteiger partial charge in [0.05, 0.1) is 12.1 Å². The third-order valence-electron chi connectivity index (χ3n) is 4.14. The van der Waals surface area contributed by atoms with Crippen molar-refractivity contribution in [3.63, 3.8) is 0 Å². The Hall–Kier alpha value is -0.590. The summed E-state index contributed by atoms with van der Waals surface area (Å²) in [5.74, 6) is 3.93. The van der Waals surface area contributed by atoms with Crippen molar-refractivity contribution in [2.75, 3.05) is 18.1 Å². The molecule has 2 heterocycles. The van der Waals surface area contributed by atoms with Gasteiger partial charge >= 0.3 is 0 Å². The van der Waals surface area contributed by atoms with Crippen LogP contribution in [-0.2, 0) is 10.3 Å². The summed E-state index contributed by atoms with van der Waals surface area (Å²) in [6.07, 6.45) is 4.07. The largest absolute Gasteiger partial charge is 0.368 e. The molecule has 6 heteroatoms. The van der Waals surface area contributed by atoms with Crippen LogP contribution >= 0.6 is 11.8 Å². The normalized spacial score (nSPS) is 36.3. The molecule has 1 saturated carbocycles. The van der Waals surface area contributed by atoms with Gasteiger partial charge in [0.15, 0.2) is 0 Å². The molecule has 0 aromatic carbocycles. The molecule has 106 valence electrons. The van der Waals surface area contributed by atoms with Crippen molar-refractivity contribution in [2.45, 2.75) is 44.2 Å². The molecule has 0 spiro atoms. The smallest absolute Gasteiger partial charge is 0.246 e. The van der Waals surface area contributed by atoms with E-state index < -0.39 is 5.54 Å². The number of rotatable bonds is 2. The van der Waals surface area contributed by atoms with Crippen LogP contribution in [0.5, 0.6) is 0 Å². The Morgan fingerprint density at radius 2 is 2.16 bits per heavy atom. The van der Waals surface area contributed by atoms with E-state index in [4.69, 9.17) is 15.0 Å². The molecule has 1 atom stereocenters. The summed E-state index contributed by atoms with van der Waals surface area (Å²) in [6, 6.07) is 0. The van der Waals surface area contributed by atoms with E-state index in [1.165, 1.54) is 0 Å². The van der Waals surface area contributed by atoms with Gasteiger partial charge in [-0.15, -0.1) is 0 Å². The van der Waals surface area contributed by atoms with Crippen molar-refractivity contribution in [3.8, 4) is 0 Å². The van der Waals surface area contributed by atoms with E-state index in [1.807, 2.05) is 11.8 Å². The number of aromatic nitrogens is 2. The second kappa shape index (κ2) is 5.42. The van der Waals surface area contributed by atoms with E-state index in [-0.39, 0.29) is 6.10 Å². The summed E-state index contributed by atoms with van der Waals surface area (Å²) in [5.41, 5.74) is 6.01. The highest BCUT2D eigenvalue weighted by molar-refractivity contribution is 7.99. The lowest BCUT2D eigenvalue weighted by molar-refractivity contribution is 0.0677. The third-order valence-corrected chi connectivity index (χ3v) is 5.13. The first-order valence-corrected chi connectivity index (χ1v) is 8.15. The molecule has 2 aliphatic rings. The summed E-state index contributed by atoms with van der Waals surface area (Å²) in [6.45, 7) is 3.02. The molecule has 1 saturated heterocycles. The average Bonchev–Trinajstić information content (AvgIpc) is 2.94. The Labute approximate surface area is 117 Å². The molecule has 0 amide bonds. The number of hydrogen-bond donors (Lipinski definition) is 1. The fourth-order valence-corrected chi connectivity index (χ4v) is 3.54. The van der Waals surface area contributed by atoms with Gasteiger partial charge in [-0.05, 0) is 31.6 Å². The summed E-state index contributed by atoms with van der Waals surface area (Å²) in [7, 11) is 0. The lowest BCUT2D eigenvalue weighted by Crippen LogP contribution is -2.40. The van der Waals surface area contributed by atoms with Gasteiger partial charge < -0.3 is 15.0 Å². The minimum absolute atomic E-state index is 0.0395. The molecule has 2 N–H and O–H groups in total. The van der Waals surface area contributed by atoms with Crippen molar-refractivity contribution < 1.29 is 9.26 Å². The Balaban J connectivity index is 1.73. The molecular weight excluding hydrogens is 262 g/mol. The number of nitrogens with zero attached hydrogens (tertiary/aromatic N) is 2. The fourth-order valence-electron chi connectivity index (χ4n) is 2.70. The zero-order valence-corrected chi connectivity index (χ0v) is 12.1. The number of hydrogen-bond acceptors (Lipinski definition) is 6. The predicted molar refractivity (Wildman–Crippen MR) is 73.8 cm³/mol. The Bertz CT molecular complexity index is 423. The van der Waals surface area contributed by atoms with Crippen LogP contribution < -0.4 is 5.73 Å². The van der Waals surface area contributed by atoms with E-state index in [0.717, 1.165) is 49.7 Å². The summed E-state index contributed by atoms with van der Waals surface area (Å²) in [5, 5.41) is 4.07. The van der Waals surface area contributed by atoms with Crippen molar-refractivity contribution >= 4 is 11.8 Å². The molecule has 1 aliphatic carbocycles. The predicted octanol–water partition coefficient (Wildman–Crippen LogP) is 2.24. The van der Waals surface area contributed by atoms with E-state index in [1.54, 1.807) is 0 Å². The highest BCUT2D eigenvalue weighted by atomic mass is 32.2.